The number of nitrogens with zero attached hydrogens (tertiary/aromatic N) is 4. The van der Waals surface area contributed by atoms with Gasteiger partial charge in [-0.3, -0.25) is 4.79 Å². The lowest BCUT2D eigenvalue weighted by atomic mass is 9.99. The number of pyridine rings is 1. The van der Waals surface area contributed by atoms with E-state index in [1.807, 2.05) is 18.2 Å². The number of para-hydroxylation sites is 2. The molecule has 1 saturated heterocycles. The molecular formula is C23H25F3N6O2. The molecule has 1 aliphatic rings. The molecule has 3 heterocycles. The van der Waals surface area contributed by atoms with Crippen molar-refractivity contribution in [3.63, 3.8) is 0 Å². The van der Waals surface area contributed by atoms with Crippen molar-refractivity contribution in [1.82, 2.24) is 19.7 Å². The number of nitrogens with one attached hydrogen (secondary N) is 1. The second-order valence-corrected chi connectivity index (χ2v) is 8.29. The van der Waals surface area contributed by atoms with Crippen LogP contribution in [0.3, 0.4) is 0 Å². The fourth-order valence-corrected chi connectivity index (χ4v) is 3.92. The summed E-state index contributed by atoms with van der Waals surface area (Å²) in [6.07, 6.45) is -0.339. The van der Waals surface area contributed by atoms with Crippen molar-refractivity contribution in [3.8, 4) is 11.4 Å². The van der Waals surface area contributed by atoms with Gasteiger partial charge in [0, 0.05) is 18.7 Å². The molecule has 2 aromatic heterocycles. The van der Waals surface area contributed by atoms with Crippen LogP contribution in [0.25, 0.3) is 5.69 Å². The number of hydrogen-bond acceptors (Lipinski definition) is 6. The van der Waals surface area contributed by atoms with E-state index in [2.05, 4.69) is 27.3 Å². The number of ether oxygens (including phenoxy) is 1. The third-order valence-electron chi connectivity index (χ3n) is 5.67. The Kier molecular flexibility index (Phi) is 6.73. The van der Waals surface area contributed by atoms with Gasteiger partial charge in [-0.1, -0.05) is 12.1 Å². The van der Waals surface area contributed by atoms with Gasteiger partial charge in [0.2, 0.25) is 0 Å². The molecule has 0 saturated carbocycles. The van der Waals surface area contributed by atoms with Crippen molar-refractivity contribution in [2.45, 2.75) is 19.0 Å². The number of hydrogen-bond donors (Lipinski definition) is 2. The number of aromatic nitrogens is 3. The van der Waals surface area contributed by atoms with E-state index in [1.165, 1.54) is 10.9 Å². The SMILES string of the molecule is CN1CCCC(COc2ccccc2-n2ncc(C(=O)Nc3ccc(C(F)(F)F)cn3)c2N)C1. The van der Waals surface area contributed by atoms with Crippen molar-refractivity contribution in [2.24, 2.45) is 5.92 Å². The zero-order chi connectivity index (χ0) is 24.3. The molecule has 11 heteroatoms. The number of likely N-dealkylation sites (tertiary alicyclic amines) is 1. The van der Waals surface area contributed by atoms with Crippen LogP contribution < -0.4 is 15.8 Å². The van der Waals surface area contributed by atoms with Crippen LogP contribution in [0.1, 0.15) is 28.8 Å². The minimum atomic E-state index is -4.51. The molecule has 180 valence electrons. The number of rotatable bonds is 6. The van der Waals surface area contributed by atoms with Gasteiger partial charge in [-0.2, -0.15) is 18.3 Å². The first-order valence-corrected chi connectivity index (χ1v) is 10.8. The van der Waals surface area contributed by atoms with E-state index in [0.29, 0.717) is 30.2 Å². The number of carbonyl (C=O) groups is 1. The number of piperidine rings is 1. The highest BCUT2D eigenvalue weighted by Crippen LogP contribution is 2.30. The number of amides is 1. The fraction of sp³-hybridized carbons (Fsp3) is 0.348. The largest absolute Gasteiger partial charge is 0.491 e. The number of nitrogens with two attached hydrogens (primary N) is 1. The highest BCUT2D eigenvalue weighted by Gasteiger charge is 2.30. The number of benzene rings is 1. The second kappa shape index (κ2) is 9.72. The van der Waals surface area contributed by atoms with E-state index in [4.69, 9.17) is 10.5 Å². The van der Waals surface area contributed by atoms with Gasteiger partial charge in [0.05, 0.1) is 18.4 Å². The smallest absolute Gasteiger partial charge is 0.417 e. The normalized spacial score (nSPS) is 16.9. The third kappa shape index (κ3) is 5.30. The van der Waals surface area contributed by atoms with E-state index in [9.17, 15) is 18.0 Å². The molecule has 0 bridgehead atoms. The maximum absolute atomic E-state index is 12.7. The lowest BCUT2D eigenvalue weighted by Gasteiger charge is -2.29. The number of alkyl halides is 3. The molecular weight excluding hydrogens is 449 g/mol. The topological polar surface area (TPSA) is 98.3 Å². The predicted molar refractivity (Wildman–Crippen MR) is 121 cm³/mol. The summed E-state index contributed by atoms with van der Waals surface area (Å²) in [6, 6.07) is 9.17. The molecule has 4 rings (SSSR count). The Morgan fingerprint density at radius 1 is 1.24 bits per heavy atom. The minimum absolute atomic E-state index is 0.0358. The summed E-state index contributed by atoms with van der Waals surface area (Å²) in [5.41, 5.74) is 5.94. The van der Waals surface area contributed by atoms with Gasteiger partial charge < -0.3 is 20.7 Å². The van der Waals surface area contributed by atoms with Crippen LogP contribution in [0, 0.1) is 5.92 Å². The summed E-state index contributed by atoms with van der Waals surface area (Å²) >= 11 is 0. The third-order valence-corrected chi connectivity index (χ3v) is 5.67. The zero-order valence-electron chi connectivity index (χ0n) is 18.5. The summed E-state index contributed by atoms with van der Waals surface area (Å²) in [6.45, 7) is 2.60. The van der Waals surface area contributed by atoms with Crippen LogP contribution >= 0.6 is 0 Å². The first-order chi connectivity index (χ1) is 16.2. The van der Waals surface area contributed by atoms with Crippen LogP contribution in [0.15, 0.2) is 48.8 Å². The number of anilines is 2. The molecule has 1 aromatic carbocycles. The van der Waals surface area contributed by atoms with Crippen molar-refractivity contribution < 1.29 is 22.7 Å². The van der Waals surface area contributed by atoms with Gasteiger partial charge in [0.1, 0.15) is 28.6 Å². The molecule has 0 radical (unpaired) electrons. The standard InChI is InChI=1S/C23H25F3N6O2/c1-31-10-4-5-15(13-31)14-34-19-7-3-2-6-18(19)32-21(27)17(12-29-32)22(33)30-20-9-8-16(11-28-20)23(24,25)26/h2-3,6-9,11-12,15H,4-5,10,13-14,27H2,1H3,(H,28,30,33). The Balaban J connectivity index is 1.48. The van der Waals surface area contributed by atoms with Gasteiger partial charge in [0.25, 0.3) is 5.91 Å². The van der Waals surface area contributed by atoms with Crippen molar-refractivity contribution in [1.29, 1.82) is 0 Å². The van der Waals surface area contributed by atoms with Crippen LogP contribution in [0.4, 0.5) is 24.8 Å². The average molecular weight is 474 g/mol. The molecule has 1 unspecified atom stereocenters. The predicted octanol–water partition coefficient (Wildman–Crippen LogP) is 3.84. The van der Waals surface area contributed by atoms with E-state index < -0.39 is 17.6 Å². The van der Waals surface area contributed by atoms with Crippen LogP contribution in [-0.2, 0) is 6.18 Å². The monoisotopic (exact) mass is 474 g/mol. The second-order valence-electron chi connectivity index (χ2n) is 8.29. The van der Waals surface area contributed by atoms with E-state index in [1.54, 1.807) is 6.07 Å². The summed E-state index contributed by atoms with van der Waals surface area (Å²) < 4.78 is 45.6. The maximum atomic E-state index is 12.7. The summed E-state index contributed by atoms with van der Waals surface area (Å²) in [5, 5.41) is 6.68. The molecule has 1 fully saturated rings. The van der Waals surface area contributed by atoms with Crippen molar-refractivity contribution in [2.75, 3.05) is 37.8 Å². The van der Waals surface area contributed by atoms with Gasteiger partial charge in [0.15, 0.2) is 0 Å². The Labute approximate surface area is 194 Å². The van der Waals surface area contributed by atoms with Crippen molar-refractivity contribution >= 4 is 17.5 Å². The molecule has 0 aliphatic carbocycles. The quantitative estimate of drug-likeness (QED) is 0.563. The van der Waals surface area contributed by atoms with E-state index >= 15 is 0 Å². The molecule has 1 amide bonds. The fourth-order valence-electron chi connectivity index (χ4n) is 3.92. The molecule has 3 aromatic rings. The Morgan fingerprint density at radius 2 is 2.03 bits per heavy atom. The molecule has 3 N–H and O–H groups in total. The lowest BCUT2D eigenvalue weighted by molar-refractivity contribution is -0.137. The lowest BCUT2D eigenvalue weighted by Crippen LogP contribution is -2.34. The summed E-state index contributed by atoms with van der Waals surface area (Å²) in [7, 11) is 2.09. The Hall–Kier alpha value is -3.60. The highest BCUT2D eigenvalue weighted by atomic mass is 19.4. The average Bonchev–Trinajstić information content (AvgIpc) is 3.19. The van der Waals surface area contributed by atoms with Crippen LogP contribution in [0.2, 0.25) is 0 Å². The highest BCUT2D eigenvalue weighted by molar-refractivity contribution is 6.06. The van der Waals surface area contributed by atoms with Crippen LogP contribution in [-0.4, -0.2) is 52.3 Å². The first-order valence-electron chi connectivity index (χ1n) is 10.8. The molecule has 0 spiro atoms. The van der Waals surface area contributed by atoms with Crippen LogP contribution in [0.5, 0.6) is 5.75 Å². The molecule has 1 atom stereocenters. The summed E-state index contributed by atoms with van der Waals surface area (Å²) in [4.78, 5) is 18.6. The number of carbonyl (C=O) groups excluding carboxylic acids is 1. The minimum Gasteiger partial charge on any atom is -0.491 e. The van der Waals surface area contributed by atoms with E-state index in [-0.39, 0.29) is 17.2 Å². The van der Waals surface area contributed by atoms with Gasteiger partial charge in [-0.25, -0.2) is 9.67 Å². The number of nitrogen functional groups attached to an aromatic ring is 1. The molecule has 8 nitrogen and oxygen atoms in total. The Morgan fingerprint density at radius 3 is 2.74 bits per heavy atom. The summed E-state index contributed by atoms with van der Waals surface area (Å²) in [5.74, 6) is 0.394. The molecule has 1 aliphatic heterocycles. The van der Waals surface area contributed by atoms with Gasteiger partial charge in [-0.05, 0) is 50.7 Å². The zero-order valence-corrected chi connectivity index (χ0v) is 18.5. The van der Waals surface area contributed by atoms with Crippen molar-refractivity contribution in [3.05, 3.63) is 59.9 Å². The van der Waals surface area contributed by atoms with Gasteiger partial charge >= 0.3 is 6.18 Å². The first kappa shape index (κ1) is 23.6. The van der Waals surface area contributed by atoms with Gasteiger partial charge in [-0.15, -0.1) is 0 Å². The Bertz CT molecular complexity index is 1150. The number of halogens is 3. The maximum Gasteiger partial charge on any atom is 0.417 e. The van der Waals surface area contributed by atoms with E-state index in [0.717, 1.165) is 38.1 Å². The molecule has 34 heavy (non-hydrogen) atoms.